The van der Waals surface area contributed by atoms with Crippen LogP contribution in [0, 0.1) is 0 Å². The first kappa shape index (κ1) is 28.0. The van der Waals surface area contributed by atoms with Crippen molar-refractivity contribution in [1.29, 1.82) is 0 Å². The highest BCUT2D eigenvalue weighted by Crippen LogP contribution is 2.36. The topological polar surface area (TPSA) is 127 Å². The molecule has 0 spiro atoms. The zero-order chi connectivity index (χ0) is 29.8. The van der Waals surface area contributed by atoms with Gasteiger partial charge in [0, 0.05) is 35.8 Å². The van der Waals surface area contributed by atoms with Crippen LogP contribution in [0.1, 0.15) is 63.8 Å². The molecule has 4 heterocycles. The molecular weight excluding hydrogens is 538 g/mol. The highest BCUT2D eigenvalue weighted by molar-refractivity contribution is 5.94. The SMILES string of the molecule is CC(C)c1cnn2c(N(C(=O)OC(C)(C)C)[C@@H]3CCc4c(c5ccccc5n4C(=O)O)C3)nc(N3CCOCC3)nc12. The first-order valence-corrected chi connectivity index (χ1v) is 14.5. The number of hydrogen-bond donors (Lipinski definition) is 1. The van der Waals surface area contributed by atoms with E-state index in [1.807, 2.05) is 45.0 Å². The molecule has 6 rings (SSSR count). The van der Waals surface area contributed by atoms with E-state index in [9.17, 15) is 14.7 Å². The van der Waals surface area contributed by atoms with Gasteiger partial charge >= 0.3 is 12.2 Å². The molecular formula is C30H37N7O5. The highest BCUT2D eigenvalue weighted by Gasteiger charge is 2.38. The van der Waals surface area contributed by atoms with Crippen LogP contribution in [0.3, 0.4) is 0 Å². The number of benzene rings is 1. The van der Waals surface area contributed by atoms with Crippen LogP contribution in [-0.4, -0.2) is 79.4 Å². The van der Waals surface area contributed by atoms with Gasteiger partial charge in [0.25, 0.3) is 0 Å². The summed E-state index contributed by atoms with van der Waals surface area (Å²) in [6.45, 7) is 12.1. The average molecular weight is 576 g/mol. The van der Waals surface area contributed by atoms with Crippen molar-refractivity contribution in [3.63, 3.8) is 0 Å². The van der Waals surface area contributed by atoms with Gasteiger partial charge in [0.15, 0.2) is 5.65 Å². The third-order valence-corrected chi connectivity index (χ3v) is 7.89. The lowest BCUT2D eigenvalue weighted by atomic mass is 9.90. The maximum Gasteiger partial charge on any atom is 0.417 e. The summed E-state index contributed by atoms with van der Waals surface area (Å²) in [5.41, 5.74) is 3.16. The summed E-state index contributed by atoms with van der Waals surface area (Å²) in [7, 11) is 0. The summed E-state index contributed by atoms with van der Waals surface area (Å²) < 4.78 is 14.5. The highest BCUT2D eigenvalue weighted by atomic mass is 16.6. The first-order chi connectivity index (χ1) is 20.0. The number of carbonyl (C=O) groups is 2. The number of hydrogen-bond acceptors (Lipinski definition) is 8. The Morgan fingerprint density at radius 2 is 1.88 bits per heavy atom. The van der Waals surface area contributed by atoms with Gasteiger partial charge < -0.3 is 19.5 Å². The fourth-order valence-corrected chi connectivity index (χ4v) is 5.97. The molecule has 1 fully saturated rings. The second-order valence-electron chi connectivity index (χ2n) is 12.2. The quantitative estimate of drug-likeness (QED) is 0.363. The molecule has 0 unspecified atom stereocenters. The van der Waals surface area contributed by atoms with Crippen molar-refractivity contribution in [2.45, 2.75) is 71.4 Å². The summed E-state index contributed by atoms with van der Waals surface area (Å²) in [6, 6.07) is 7.15. The van der Waals surface area contributed by atoms with Gasteiger partial charge in [0.1, 0.15) is 5.60 Å². The Hall–Kier alpha value is -4.19. The van der Waals surface area contributed by atoms with Crippen LogP contribution >= 0.6 is 0 Å². The van der Waals surface area contributed by atoms with Crippen molar-refractivity contribution in [1.82, 2.24) is 24.1 Å². The maximum atomic E-state index is 14.1. The number of para-hydroxylation sites is 1. The summed E-state index contributed by atoms with van der Waals surface area (Å²) in [5, 5.41) is 15.6. The number of carboxylic acid groups (broad SMARTS) is 1. The number of aromatic nitrogens is 5. The monoisotopic (exact) mass is 575 g/mol. The van der Waals surface area contributed by atoms with E-state index in [0.717, 1.165) is 22.2 Å². The fourth-order valence-electron chi connectivity index (χ4n) is 5.97. The van der Waals surface area contributed by atoms with E-state index in [1.165, 1.54) is 4.57 Å². The lowest BCUT2D eigenvalue weighted by Crippen LogP contribution is -2.48. The van der Waals surface area contributed by atoms with Gasteiger partial charge in [0.05, 0.1) is 24.9 Å². The van der Waals surface area contributed by atoms with Crippen molar-refractivity contribution in [2.75, 3.05) is 36.1 Å². The maximum absolute atomic E-state index is 14.1. The number of rotatable bonds is 4. The molecule has 1 aromatic carbocycles. The predicted molar refractivity (Wildman–Crippen MR) is 158 cm³/mol. The molecule has 1 aliphatic heterocycles. The number of morpholine rings is 1. The Bertz CT molecular complexity index is 1660. The number of fused-ring (bicyclic) bond motifs is 4. The molecule has 0 bridgehead atoms. The van der Waals surface area contributed by atoms with Crippen LogP contribution < -0.4 is 9.80 Å². The molecule has 12 heteroatoms. The summed E-state index contributed by atoms with van der Waals surface area (Å²) in [6.07, 6.45) is 1.67. The smallest absolute Gasteiger partial charge is 0.417 e. The van der Waals surface area contributed by atoms with Crippen molar-refractivity contribution in [2.24, 2.45) is 0 Å². The van der Waals surface area contributed by atoms with Gasteiger partial charge in [-0.3, -0.25) is 0 Å². The Kier molecular flexibility index (Phi) is 7.04. The van der Waals surface area contributed by atoms with Gasteiger partial charge in [-0.15, -0.1) is 0 Å². The third-order valence-electron chi connectivity index (χ3n) is 7.89. The molecule has 42 heavy (non-hydrogen) atoms. The Morgan fingerprint density at radius 3 is 2.57 bits per heavy atom. The van der Waals surface area contributed by atoms with Gasteiger partial charge in [-0.25, -0.2) is 19.1 Å². The van der Waals surface area contributed by atoms with Crippen molar-refractivity contribution in [3.05, 3.63) is 47.3 Å². The van der Waals surface area contributed by atoms with Crippen LogP contribution in [0.15, 0.2) is 30.5 Å². The average Bonchev–Trinajstić information content (AvgIpc) is 3.52. The Morgan fingerprint density at radius 1 is 1.14 bits per heavy atom. The van der Waals surface area contributed by atoms with E-state index in [4.69, 9.17) is 19.4 Å². The minimum atomic E-state index is -1.01. The molecule has 12 nitrogen and oxygen atoms in total. The van der Waals surface area contributed by atoms with E-state index in [-0.39, 0.29) is 12.0 Å². The normalized spacial score (nSPS) is 17.6. The molecule has 1 saturated heterocycles. The Balaban J connectivity index is 1.52. The third kappa shape index (κ3) is 4.93. The van der Waals surface area contributed by atoms with Gasteiger partial charge in [-0.2, -0.15) is 19.6 Å². The minimum Gasteiger partial charge on any atom is -0.464 e. The van der Waals surface area contributed by atoms with Crippen molar-refractivity contribution >= 4 is 40.6 Å². The van der Waals surface area contributed by atoms with Gasteiger partial charge in [0.2, 0.25) is 11.9 Å². The van der Waals surface area contributed by atoms with E-state index < -0.39 is 17.8 Å². The number of anilines is 2. The standard InChI is InChI=1S/C30H37N7O5/c1-18(2)22-17-31-37-25(22)32-26(34-12-14-41-15-13-34)33-27(37)35(29(40)42-30(3,4)5)19-10-11-24-21(16-19)20-8-6-7-9-23(20)36(24)28(38)39/h6-9,17-19H,10-16H2,1-5H3,(H,38,39)/t19-/m1/s1. The second-order valence-corrected chi connectivity index (χ2v) is 12.2. The summed E-state index contributed by atoms with van der Waals surface area (Å²) in [5.74, 6) is 0.992. The first-order valence-electron chi connectivity index (χ1n) is 14.5. The Labute approximate surface area is 243 Å². The van der Waals surface area contributed by atoms with Crippen LogP contribution in [0.4, 0.5) is 21.5 Å². The summed E-state index contributed by atoms with van der Waals surface area (Å²) >= 11 is 0. The molecule has 2 aliphatic rings. The van der Waals surface area contributed by atoms with Crippen molar-refractivity contribution < 1.29 is 24.2 Å². The lowest BCUT2D eigenvalue weighted by Gasteiger charge is -2.35. The zero-order valence-corrected chi connectivity index (χ0v) is 24.7. The largest absolute Gasteiger partial charge is 0.464 e. The minimum absolute atomic E-state index is 0.150. The van der Waals surface area contributed by atoms with E-state index in [2.05, 4.69) is 23.8 Å². The van der Waals surface area contributed by atoms with Gasteiger partial charge in [-0.05, 0) is 57.6 Å². The van der Waals surface area contributed by atoms with Crippen molar-refractivity contribution in [3.8, 4) is 0 Å². The predicted octanol–water partition coefficient (Wildman–Crippen LogP) is 4.86. The van der Waals surface area contributed by atoms with E-state index in [0.29, 0.717) is 68.6 Å². The number of amides is 1. The zero-order valence-electron chi connectivity index (χ0n) is 24.7. The van der Waals surface area contributed by atoms with E-state index in [1.54, 1.807) is 15.6 Å². The molecule has 3 aromatic heterocycles. The molecule has 0 saturated carbocycles. The molecule has 4 aromatic rings. The molecule has 1 N–H and O–H groups in total. The molecule has 0 radical (unpaired) electrons. The molecule has 1 atom stereocenters. The van der Waals surface area contributed by atoms with Crippen LogP contribution in [-0.2, 0) is 22.3 Å². The van der Waals surface area contributed by atoms with Gasteiger partial charge in [-0.1, -0.05) is 32.0 Å². The summed E-state index contributed by atoms with van der Waals surface area (Å²) in [4.78, 5) is 39.9. The van der Waals surface area contributed by atoms with Crippen LogP contribution in [0.5, 0.6) is 0 Å². The second kappa shape index (κ2) is 10.6. The lowest BCUT2D eigenvalue weighted by molar-refractivity contribution is 0.0558. The number of nitrogens with zero attached hydrogens (tertiary/aromatic N) is 7. The number of ether oxygens (including phenoxy) is 2. The van der Waals surface area contributed by atoms with E-state index >= 15 is 0 Å². The van der Waals surface area contributed by atoms with Crippen LogP contribution in [0.2, 0.25) is 0 Å². The van der Waals surface area contributed by atoms with Crippen LogP contribution in [0.25, 0.3) is 16.6 Å². The fraction of sp³-hybridized carbons (Fsp3) is 0.500. The molecule has 1 amide bonds. The molecule has 1 aliphatic carbocycles. The number of carbonyl (C=O) groups excluding carboxylic acids is 1. The molecule has 222 valence electrons.